The summed E-state index contributed by atoms with van der Waals surface area (Å²) in [5, 5.41) is 0. The van der Waals surface area contributed by atoms with Gasteiger partial charge in [0.25, 0.3) is 0 Å². The summed E-state index contributed by atoms with van der Waals surface area (Å²) < 4.78 is 1.10. The SMILES string of the molecule is CC(C)CN(c1ccc([C@@H](C)N)c(Br)c1)C(C)C. The lowest BCUT2D eigenvalue weighted by Crippen LogP contribution is -2.34. The third kappa shape index (κ3) is 3.99. The Labute approximate surface area is 120 Å². The minimum absolute atomic E-state index is 0.0611. The minimum Gasteiger partial charge on any atom is -0.369 e. The van der Waals surface area contributed by atoms with Crippen molar-refractivity contribution in [3.63, 3.8) is 0 Å². The predicted molar refractivity (Wildman–Crippen MR) is 84.1 cm³/mol. The number of benzene rings is 1. The van der Waals surface area contributed by atoms with Gasteiger partial charge in [-0.15, -0.1) is 0 Å². The molecule has 1 aromatic carbocycles. The normalized spacial score (nSPS) is 13.2. The molecule has 0 aliphatic heterocycles. The first-order valence-electron chi connectivity index (χ1n) is 6.64. The summed E-state index contributed by atoms with van der Waals surface area (Å²) in [4.78, 5) is 2.43. The molecule has 0 fully saturated rings. The molecule has 2 N–H and O–H groups in total. The fraction of sp³-hybridized carbons (Fsp3) is 0.600. The van der Waals surface area contributed by atoms with Gasteiger partial charge in [-0.2, -0.15) is 0 Å². The lowest BCUT2D eigenvalue weighted by atomic mass is 10.1. The van der Waals surface area contributed by atoms with Gasteiger partial charge >= 0.3 is 0 Å². The van der Waals surface area contributed by atoms with Gasteiger partial charge in [0.05, 0.1) is 0 Å². The van der Waals surface area contributed by atoms with Crippen LogP contribution in [0, 0.1) is 5.92 Å². The molecule has 0 bridgehead atoms. The standard InChI is InChI=1S/C15H25BrN2/c1-10(2)9-18(11(3)4)13-6-7-14(12(5)17)15(16)8-13/h6-8,10-12H,9,17H2,1-5H3/t12-/m1/s1. The Morgan fingerprint density at radius 3 is 2.17 bits per heavy atom. The smallest absolute Gasteiger partial charge is 0.0380 e. The number of halogens is 1. The molecule has 1 aromatic rings. The molecule has 0 unspecified atom stereocenters. The lowest BCUT2D eigenvalue weighted by Gasteiger charge is -2.31. The number of hydrogen-bond acceptors (Lipinski definition) is 2. The van der Waals surface area contributed by atoms with Crippen LogP contribution in [0.15, 0.2) is 22.7 Å². The number of rotatable bonds is 5. The summed E-state index contributed by atoms with van der Waals surface area (Å²) in [5.41, 5.74) is 8.36. The van der Waals surface area contributed by atoms with Gasteiger partial charge in [-0.05, 0) is 44.4 Å². The minimum atomic E-state index is 0.0611. The molecule has 0 aromatic heterocycles. The summed E-state index contributed by atoms with van der Waals surface area (Å²) in [6.45, 7) is 12.0. The van der Waals surface area contributed by atoms with E-state index < -0.39 is 0 Å². The average Bonchev–Trinajstić information content (AvgIpc) is 2.24. The zero-order valence-electron chi connectivity index (χ0n) is 12.1. The van der Waals surface area contributed by atoms with Crippen molar-refractivity contribution in [2.75, 3.05) is 11.4 Å². The highest BCUT2D eigenvalue weighted by atomic mass is 79.9. The zero-order valence-corrected chi connectivity index (χ0v) is 13.7. The van der Waals surface area contributed by atoms with Crippen LogP contribution in [0.25, 0.3) is 0 Å². The predicted octanol–water partition coefficient (Wildman–Crippen LogP) is 4.34. The zero-order chi connectivity index (χ0) is 13.9. The Bertz CT molecular complexity index is 386. The number of nitrogens with zero attached hydrogens (tertiary/aromatic N) is 1. The largest absolute Gasteiger partial charge is 0.369 e. The number of nitrogens with two attached hydrogens (primary N) is 1. The van der Waals surface area contributed by atoms with Gasteiger partial charge < -0.3 is 10.6 Å². The molecule has 1 atom stereocenters. The summed E-state index contributed by atoms with van der Waals surface area (Å²) in [6, 6.07) is 7.04. The van der Waals surface area contributed by atoms with E-state index in [4.69, 9.17) is 5.73 Å². The third-order valence-corrected chi connectivity index (χ3v) is 3.68. The maximum atomic E-state index is 5.94. The van der Waals surface area contributed by atoms with E-state index in [0.29, 0.717) is 12.0 Å². The summed E-state index contributed by atoms with van der Waals surface area (Å²) in [5.74, 6) is 0.652. The fourth-order valence-corrected chi connectivity index (χ4v) is 2.80. The first kappa shape index (κ1) is 15.5. The second-order valence-corrected chi connectivity index (χ2v) is 6.49. The first-order chi connectivity index (χ1) is 8.32. The van der Waals surface area contributed by atoms with Gasteiger partial charge in [-0.25, -0.2) is 0 Å². The molecule has 0 heterocycles. The van der Waals surface area contributed by atoms with Crippen LogP contribution in [0.2, 0.25) is 0 Å². The Morgan fingerprint density at radius 1 is 1.17 bits per heavy atom. The molecular weight excluding hydrogens is 288 g/mol. The van der Waals surface area contributed by atoms with Gasteiger partial charge in [0.15, 0.2) is 0 Å². The Morgan fingerprint density at radius 2 is 1.78 bits per heavy atom. The highest BCUT2D eigenvalue weighted by Gasteiger charge is 2.14. The molecule has 0 radical (unpaired) electrons. The number of hydrogen-bond donors (Lipinski definition) is 1. The molecule has 0 aliphatic carbocycles. The summed E-state index contributed by atoms with van der Waals surface area (Å²) in [7, 11) is 0. The summed E-state index contributed by atoms with van der Waals surface area (Å²) >= 11 is 3.62. The van der Waals surface area contributed by atoms with Gasteiger partial charge in [0.1, 0.15) is 0 Å². The van der Waals surface area contributed by atoms with Crippen LogP contribution in [0.5, 0.6) is 0 Å². The van der Waals surface area contributed by atoms with Crippen LogP contribution in [-0.2, 0) is 0 Å². The molecule has 0 saturated heterocycles. The molecule has 18 heavy (non-hydrogen) atoms. The van der Waals surface area contributed by atoms with Crippen molar-refractivity contribution in [1.29, 1.82) is 0 Å². The monoisotopic (exact) mass is 312 g/mol. The lowest BCUT2D eigenvalue weighted by molar-refractivity contribution is 0.571. The maximum absolute atomic E-state index is 5.94. The van der Waals surface area contributed by atoms with Gasteiger partial charge in [-0.1, -0.05) is 35.8 Å². The van der Waals surface area contributed by atoms with E-state index in [2.05, 4.69) is 66.7 Å². The first-order valence-corrected chi connectivity index (χ1v) is 7.44. The Hall–Kier alpha value is -0.540. The Kier molecular flexibility index (Phi) is 5.67. The molecule has 1 rings (SSSR count). The van der Waals surface area contributed by atoms with Gasteiger partial charge in [0, 0.05) is 28.8 Å². The van der Waals surface area contributed by atoms with E-state index in [0.717, 1.165) is 16.6 Å². The highest BCUT2D eigenvalue weighted by molar-refractivity contribution is 9.10. The molecule has 0 saturated carbocycles. The second kappa shape index (κ2) is 6.58. The van der Waals surface area contributed by atoms with Crippen LogP contribution >= 0.6 is 15.9 Å². The maximum Gasteiger partial charge on any atom is 0.0380 e. The van der Waals surface area contributed by atoms with Crippen molar-refractivity contribution in [1.82, 2.24) is 0 Å². The van der Waals surface area contributed by atoms with Crippen LogP contribution < -0.4 is 10.6 Å². The molecule has 0 spiro atoms. The van der Waals surface area contributed by atoms with E-state index >= 15 is 0 Å². The van der Waals surface area contributed by atoms with E-state index in [1.165, 1.54) is 5.69 Å². The van der Waals surface area contributed by atoms with Crippen LogP contribution in [-0.4, -0.2) is 12.6 Å². The second-order valence-electron chi connectivity index (χ2n) is 5.63. The molecule has 3 heteroatoms. The van der Waals surface area contributed by atoms with E-state index in [-0.39, 0.29) is 6.04 Å². The van der Waals surface area contributed by atoms with Gasteiger partial charge in [0.2, 0.25) is 0 Å². The fourth-order valence-electron chi connectivity index (χ4n) is 2.07. The molecule has 0 aliphatic rings. The highest BCUT2D eigenvalue weighted by Crippen LogP contribution is 2.28. The van der Waals surface area contributed by atoms with E-state index in [1.807, 2.05) is 6.92 Å². The van der Waals surface area contributed by atoms with Crippen LogP contribution in [0.4, 0.5) is 5.69 Å². The van der Waals surface area contributed by atoms with E-state index in [9.17, 15) is 0 Å². The van der Waals surface area contributed by atoms with Gasteiger partial charge in [-0.3, -0.25) is 0 Å². The van der Waals surface area contributed by atoms with E-state index in [1.54, 1.807) is 0 Å². The average molecular weight is 313 g/mol. The number of anilines is 1. The van der Waals surface area contributed by atoms with Crippen LogP contribution in [0.3, 0.4) is 0 Å². The molecule has 0 amide bonds. The van der Waals surface area contributed by atoms with Crippen molar-refractivity contribution in [3.05, 3.63) is 28.2 Å². The molecular formula is C15H25BrN2. The van der Waals surface area contributed by atoms with Crippen molar-refractivity contribution in [2.24, 2.45) is 11.7 Å². The van der Waals surface area contributed by atoms with Crippen molar-refractivity contribution >= 4 is 21.6 Å². The van der Waals surface area contributed by atoms with Crippen molar-refractivity contribution in [3.8, 4) is 0 Å². The third-order valence-electron chi connectivity index (χ3n) is 2.99. The van der Waals surface area contributed by atoms with Crippen molar-refractivity contribution in [2.45, 2.75) is 46.7 Å². The topological polar surface area (TPSA) is 29.3 Å². The Balaban J connectivity index is 3.03. The quantitative estimate of drug-likeness (QED) is 0.876. The molecule has 102 valence electrons. The van der Waals surface area contributed by atoms with Crippen LogP contribution in [0.1, 0.15) is 46.2 Å². The molecule has 2 nitrogen and oxygen atoms in total. The van der Waals surface area contributed by atoms with Crippen molar-refractivity contribution < 1.29 is 0 Å². The summed E-state index contributed by atoms with van der Waals surface area (Å²) in [6.07, 6.45) is 0.